The van der Waals surface area contributed by atoms with Crippen molar-refractivity contribution in [3.63, 3.8) is 0 Å². The predicted octanol–water partition coefficient (Wildman–Crippen LogP) is 2.40. The van der Waals surface area contributed by atoms with E-state index in [-0.39, 0.29) is 5.91 Å². The molecule has 1 aromatic heterocycles. The highest BCUT2D eigenvalue weighted by molar-refractivity contribution is 5.92. The lowest BCUT2D eigenvalue weighted by atomic mass is 10.0. The van der Waals surface area contributed by atoms with E-state index in [1.165, 1.54) is 25.9 Å². The number of nitrogens with one attached hydrogen (secondary N) is 1. The van der Waals surface area contributed by atoms with E-state index < -0.39 is 0 Å². The van der Waals surface area contributed by atoms with Crippen molar-refractivity contribution in [3.8, 4) is 0 Å². The average molecular weight is 291 g/mol. The summed E-state index contributed by atoms with van der Waals surface area (Å²) in [6.45, 7) is 6.48. The Bertz CT molecular complexity index is 482. The fraction of sp³-hybridized carbons (Fsp3) is 0.750. The number of hydrogen-bond donors (Lipinski definition) is 1. The number of amides is 1. The summed E-state index contributed by atoms with van der Waals surface area (Å²) in [6, 6.07) is 1.79. The van der Waals surface area contributed by atoms with Crippen molar-refractivity contribution in [1.29, 1.82) is 0 Å². The van der Waals surface area contributed by atoms with Gasteiger partial charge in [0.25, 0.3) is 5.91 Å². The second-order valence-electron chi connectivity index (χ2n) is 6.55. The highest BCUT2D eigenvalue weighted by Crippen LogP contribution is 2.40. The van der Waals surface area contributed by atoms with E-state index in [0.29, 0.717) is 18.2 Å². The summed E-state index contributed by atoms with van der Waals surface area (Å²) in [5.41, 5.74) is 0.420. The Hall–Kier alpha value is -1.36. The van der Waals surface area contributed by atoms with Crippen LogP contribution in [-0.4, -0.2) is 42.1 Å². The molecule has 0 bridgehead atoms. The summed E-state index contributed by atoms with van der Waals surface area (Å²) in [6.07, 6.45) is 5.96. The van der Waals surface area contributed by atoms with Gasteiger partial charge in [-0.2, -0.15) is 0 Å². The van der Waals surface area contributed by atoms with E-state index in [1.807, 2.05) is 0 Å². The third-order valence-corrected chi connectivity index (χ3v) is 4.42. The Balaban J connectivity index is 1.35. The second kappa shape index (κ2) is 6.60. The molecule has 2 heterocycles. The topological polar surface area (TPSA) is 58.4 Å². The third kappa shape index (κ3) is 4.06. The van der Waals surface area contributed by atoms with Crippen LogP contribution < -0.4 is 5.32 Å². The number of hydrogen-bond acceptors (Lipinski definition) is 4. The molecule has 116 valence electrons. The van der Waals surface area contributed by atoms with Gasteiger partial charge in [-0.15, -0.1) is 0 Å². The first-order valence-corrected chi connectivity index (χ1v) is 8.19. The zero-order valence-electron chi connectivity index (χ0n) is 12.8. The van der Waals surface area contributed by atoms with Gasteiger partial charge in [-0.25, -0.2) is 0 Å². The van der Waals surface area contributed by atoms with Gasteiger partial charge in [0.2, 0.25) is 0 Å². The van der Waals surface area contributed by atoms with E-state index in [9.17, 15) is 4.79 Å². The molecule has 2 fully saturated rings. The maximum Gasteiger partial charge on any atom is 0.273 e. The van der Waals surface area contributed by atoms with Gasteiger partial charge < -0.3 is 14.7 Å². The van der Waals surface area contributed by atoms with Crippen LogP contribution in [0.1, 0.15) is 61.2 Å². The standard InChI is InChI=1S/C16H25N3O2/c1-12-4-2-8-19(11-12)9-3-7-17-16(20)14-10-15(21-18-14)13-5-6-13/h10,12-13H,2-9,11H2,1H3,(H,17,20). The predicted molar refractivity (Wildman–Crippen MR) is 80.3 cm³/mol. The summed E-state index contributed by atoms with van der Waals surface area (Å²) < 4.78 is 5.20. The van der Waals surface area contributed by atoms with E-state index in [4.69, 9.17) is 4.52 Å². The molecule has 1 aromatic rings. The van der Waals surface area contributed by atoms with E-state index in [1.54, 1.807) is 6.07 Å². The van der Waals surface area contributed by atoms with Crippen LogP contribution in [-0.2, 0) is 0 Å². The lowest BCUT2D eigenvalue weighted by Crippen LogP contribution is -2.36. The summed E-state index contributed by atoms with van der Waals surface area (Å²) in [5.74, 6) is 2.06. The van der Waals surface area contributed by atoms with E-state index in [0.717, 1.165) is 37.5 Å². The zero-order chi connectivity index (χ0) is 14.7. The minimum absolute atomic E-state index is 0.113. The number of piperidine rings is 1. The van der Waals surface area contributed by atoms with Crippen LogP contribution in [0.15, 0.2) is 10.6 Å². The van der Waals surface area contributed by atoms with Gasteiger partial charge in [0.05, 0.1) is 0 Å². The van der Waals surface area contributed by atoms with Crippen molar-refractivity contribution >= 4 is 5.91 Å². The van der Waals surface area contributed by atoms with Gasteiger partial charge >= 0.3 is 0 Å². The smallest absolute Gasteiger partial charge is 0.273 e. The van der Waals surface area contributed by atoms with Crippen molar-refractivity contribution in [2.75, 3.05) is 26.2 Å². The summed E-state index contributed by atoms with van der Waals surface area (Å²) in [5, 5.41) is 6.79. The van der Waals surface area contributed by atoms with Crippen LogP contribution in [0.25, 0.3) is 0 Å². The minimum atomic E-state index is -0.113. The molecule has 5 heteroatoms. The highest BCUT2D eigenvalue weighted by Gasteiger charge is 2.28. The zero-order valence-corrected chi connectivity index (χ0v) is 12.8. The van der Waals surface area contributed by atoms with Gasteiger partial charge in [-0.3, -0.25) is 4.79 Å². The number of rotatable bonds is 6. The van der Waals surface area contributed by atoms with Crippen LogP contribution in [0.5, 0.6) is 0 Å². The molecule has 2 aliphatic rings. The van der Waals surface area contributed by atoms with Gasteiger partial charge in [0.1, 0.15) is 5.76 Å². The van der Waals surface area contributed by atoms with Crippen molar-refractivity contribution in [2.45, 2.75) is 44.9 Å². The SMILES string of the molecule is CC1CCCN(CCCNC(=O)c2cc(C3CC3)on2)C1. The van der Waals surface area contributed by atoms with Crippen molar-refractivity contribution in [1.82, 2.24) is 15.4 Å². The molecule has 1 saturated carbocycles. The fourth-order valence-corrected chi connectivity index (χ4v) is 3.04. The molecular formula is C16H25N3O2. The molecule has 0 spiro atoms. The average Bonchev–Trinajstić information content (AvgIpc) is 3.21. The van der Waals surface area contributed by atoms with Crippen molar-refractivity contribution in [3.05, 3.63) is 17.5 Å². The van der Waals surface area contributed by atoms with Crippen LogP contribution in [0.4, 0.5) is 0 Å². The van der Waals surface area contributed by atoms with Crippen molar-refractivity contribution in [2.24, 2.45) is 5.92 Å². The number of carbonyl (C=O) groups is 1. The molecular weight excluding hydrogens is 266 g/mol. The van der Waals surface area contributed by atoms with Crippen molar-refractivity contribution < 1.29 is 9.32 Å². The maximum absolute atomic E-state index is 12.0. The van der Waals surface area contributed by atoms with E-state index >= 15 is 0 Å². The second-order valence-corrected chi connectivity index (χ2v) is 6.55. The molecule has 5 nitrogen and oxygen atoms in total. The first kappa shape index (κ1) is 14.6. The molecule has 1 amide bonds. The molecule has 1 atom stereocenters. The molecule has 1 saturated heterocycles. The number of carbonyl (C=O) groups excluding carboxylic acids is 1. The molecule has 3 rings (SSSR count). The molecule has 1 unspecified atom stereocenters. The van der Waals surface area contributed by atoms with Crippen LogP contribution in [0, 0.1) is 5.92 Å². The van der Waals surface area contributed by atoms with Gasteiger partial charge in [0.15, 0.2) is 5.69 Å². The Labute approximate surface area is 126 Å². The van der Waals surface area contributed by atoms with Gasteiger partial charge in [-0.05, 0) is 51.1 Å². The molecule has 0 radical (unpaired) electrons. The van der Waals surface area contributed by atoms with Gasteiger partial charge in [-0.1, -0.05) is 12.1 Å². The molecule has 1 aliphatic carbocycles. The molecule has 21 heavy (non-hydrogen) atoms. The summed E-state index contributed by atoms with van der Waals surface area (Å²) in [7, 11) is 0. The van der Waals surface area contributed by atoms with E-state index in [2.05, 4.69) is 22.3 Å². The number of likely N-dealkylation sites (tertiary alicyclic amines) is 1. The number of aromatic nitrogens is 1. The summed E-state index contributed by atoms with van der Waals surface area (Å²) in [4.78, 5) is 14.5. The Morgan fingerprint density at radius 2 is 2.33 bits per heavy atom. The maximum atomic E-state index is 12.0. The summed E-state index contributed by atoms with van der Waals surface area (Å²) >= 11 is 0. The first-order valence-electron chi connectivity index (χ1n) is 8.19. The van der Waals surface area contributed by atoms with Gasteiger partial charge in [0, 0.05) is 25.1 Å². The Kier molecular flexibility index (Phi) is 4.58. The lowest BCUT2D eigenvalue weighted by Gasteiger charge is -2.30. The fourth-order valence-electron chi connectivity index (χ4n) is 3.04. The minimum Gasteiger partial charge on any atom is -0.360 e. The Morgan fingerprint density at radius 3 is 3.10 bits per heavy atom. The normalized spacial score (nSPS) is 23.2. The van der Waals surface area contributed by atoms with Crippen LogP contribution in [0.2, 0.25) is 0 Å². The Morgan fingerprint density at radius 1 is 1.48 bits per heavy atom. The number of nitrogens with zero attached hydrogens (tertiary/aromatic N) is 2. The monoisotopic (exact) mass is 291 g/mol. The van der Waals surface area contributed by atoms with Crippen LogP contribution in [0.3, 0.4) is 0 Å². The molecule has 1 aliphatic heterocycles. The molecule has 0 aromatic carbocycles. The quantitative estimate of drug-likeness (QED) is 0.818. The highest BCUT2D eigenvalue weighted by atomic mass is 16.5. The third-order valence-electron chi connectivity index (χ3n) is 4.42. The molecule has 1 N–H and O–H groups in total. The lowest BCUT2D eigenvalue weighted by molar-refractivity contribution is 0.0941. The first-order chi connectivity index (χ1) is 10.2. The largest absolute Gasteiger partial charge is 0.360 e. The van der Waals surface area contributed by atoms with Crippen LogP contribution >= 0.6 is 0 Å².